The van der Waals surface area contributed by atoms with Gasteiger partial charge in [-0.1, -0.05) is 23.1 Å². The summed E-state index contributed by atoms with van der Waals surface area (Å²) >= 11 is 2.09. The molecule has 1 fully saturated rings. The summed E-state index contributed by atoms with van der Waals surface area (Å²) in [4.78, 5) is 46.4. The van der Waals surface area contributed by atoms with Crippen molar-refractivity contribution in [1.82, 2.24) is 10.2 Å². The lowest BCUT2D eigenvalue weighted by Crippen LogP contribution is -2.61. The lowest BCUT2D eigenvalue weighted by molar-refractivity contribution is -0.237. The monoisotopic (exact) mass is 463 g/mol. The predicted molar refractivity (Wildman–Crippen MR) is 102 cm³/mol. The lowest BCUT2D eigenvalue weighted by Gasteiger charge is -2.43. The van der Waals surface area contributed by atoms with Crippen molar-refractivity contribution in [2.45, 2.75) is 61.9 Å². The minimum atomic E-state index is -1.23. The zero-order valence-electron chi connectivity index (χ0n) is 16.6. The summed E-state index contributed by atoms with van der Waals surface area (Å²) in [7, 11) is 0. The van der Waals surface area contributed by atoms with Crippen LogP contribution in [0.5, 0.6) is 0 Å². The molecule has 1 aromatic heterocycles. The van der Waals surface area contributed by atoms with E-state index in [-0.39, 0.29) is 11.7 Å². The van der Waals surface area contributed by atoms with Crippen LogP contribution in [0.3, 0.4) is 0 Å². The summed E-state index contributed by atoms with van der Waals surface area (Å²) < 4.78 is 27.3. The topological polar surface area (TPSA) is 166 Å². The third-order valence-corrected chi connectivity index (χ3v) is 5.57. The van der Waals surface area contributed by atoms with Crippen LogP contribution in [0.1, 0.15) is 27.7 Å². The molecule has 14 heteroatoms. The number of hydrogen-bond donors (Lipinski definition) is 1. The second-order valence-electron chi connectivity index (χ2n) is 6.09. The highest BCUT2D eigenvalue weighted by molar-refractivity contribution is 8.01. The number of carbonyl (C=O) groups excluding carboxylic acids is 4. The summed E-state index contributed by atoms with van der Waals surface area (Å²) in [6, 6.07) is 0. The van der Waals surface area contributed by atoms with Crippen molar-refractivity contribution in [2.24, 2.45) is 0 Å². The number of nitrogens with zero attached hydrogens (tertiary/aromatic N) is 2. The van der Waals surface area contributed by atoms with Crippen LogP contribution in [0, 0.1) is 0 Å². The first-order valence-electron chi connectivity index (χ1n) is 8.63. The highest BCUT2D eigenvalue weighted by Gasteiger charge is 2.52. The van der Waals surface area contributed by atoms with Crippen LogP contribution in [0.4, 0.5) is 5.13 Å². The maximum atomic E-state index is 11.7. The van der Waals surface area contributed by atoms with Crippen molar-refractivity contribution in [2.75, 3.05) is 12.3 Å². The Morgan fingerprint density at radius 1 is 0.933 bits per heavy atom. The Hall–Kier alpha value is -2.45. The molecule has 1 aliphatic heterocycles. The average Bonchev–Trinajstić information content (AvgIpc) is 3.02. The maximum absolute atomic E-state index is 11.7. The highest BCUT2D eigenvalue weighted by atomic mass is 32.2. The van der Waals surface area contributed by atoms with Gasteiger partial charge in [0.1, 0.15) is 12.7 Å². The molecule has 2 heterocycles. The van der Waals surface area contributed by atoms with Gasteiger partial charge in [-0.05, 0) is 0 Å². The molecule has 12 nitrogen and oxygen atoms in total. The molecular formula is C16H21N3O9S2. The van der Waals surface area contributed by atoms with Crippen LogP contribution >= 0.6 is 23.1 Å². The van der Waals surface area contributed by atoms with E-state index in [9.17, 15) is 19.2 Å². The first-order chi connectivity index (χ1) is 14.1. The first kappa shape index (κ1) is 23.8. The van der Waals surface area contributed by atoms with Gasteiger partial charge in [0.05, 0.1) is 0 Å². The number of aromatic nitrogens is 2. The van der Waals surface area contributed by atoms with Gasteiger partial charge in [-0.15, -0.1) is 10.2 Å². The first-order valence-corrected chi connectivity index (χ1v) is 10.3. The van der Waals surface area contributed by atoms with Crippen LogP contribution in [0.2, 0.25) is 0 Å². The average molecular weight is 463 g/mol. The number of carbonyl (C=O) groups is 4. The van der Waals surface area contributed by atoms with Gasteiger partial charge < -0.3 is 29.4 Å². The molecule has 1 aromatic rings. The molecule has 1 aliphatic rings. The van der Waals surface area contributed by atoms with Gasteiger partial charge in [-0.25, -0.2) is 0 Å². The number of rotatable bonds is 7. The lowest BCUT2D eigenvalue weighted by atomic mass is 9.99. The minimum absolute atomic E-state index is 0.211. The summed E-state index contributed by atoms with van der Waals surface area (Å²) in [6.07, 6.45) is -4.62. The van der Waals surface area contributed by atoms with Gasteiger partial charge in [-0.2, -0.15) is 0 Å². The fourth-order valence-electron chi connectivity index (χ4n) is 2.65. The summed E-state index contributed by atoms with van der Waals surface area (Å²) in [5.74, 6) is -2.67. The standard InChI is InChI=1S/C16H21N3O9S2/c1-6(20)24-5-10-11(25-7(2)21)12(26-8(3)22)13(27-9(4)23)14(28-10)29-16-19-18-15(17)30-16/h10-14H,5H2,1-4H3,(H2,17,18)/t10-,11-,12+,13-,14-/m0/s1. The van der Waals surface area contributed by atoms with Crippen molar-refractivity contribution in [3.63, 3.8) is 0 Å². The third kappa shape index (κ3) is 6.81. The van der Waals surface area contributed by atoms with E-state index in [4.69, 9.17) is 29.4 Å². The zero-order chi connectivity index (χ0) is 22.4. The Bertz CT molecular complexity index is 803. The van der Waals surface area contributed by atoms with Crippen molar-refractivity contribution in [3.05, 3.63) is 0 Å². The zero-order valence-corrected chi connectivity index (χ0v) is 18.2. The Balaban J connectivity index is 2.41. The molecule has 0 bridgehead atoms. The van der Waals surface area contributed by atoms with Gasteiger partial charge in [0.25, 0.3) is 0 Å². The van der Waals surface area contributed by atoms with Crippen LogP contribution in [0.15, 0.2) is 4.34 Å². The molecular weight excluding hydrogens is 442 g/mol. The number of hydrogen-bond acceptors (Lipinski definition) is 14. The smallest absolute Gasteiger partial charge is 0.303 e. The van der Waals surface area contributed by atoms with Gasteiger partial charge in [0.2, 0.25) is 5.13 Å². The quantitative estimate of drug-likeness (QED) is 0.433. The van der Waals surface area contributed by atoms with Crippen molar-refractivity contribution < 1.29 is 42.9 Å². The minimum Gasteiger partial charge on any atom is -0.463 e. The van der Waals surface area contributed by atoms with E-state index >= 15 is 0 Å². The number of ether oxygens (including phenoxy) is 5. The van der Waals surface area contributed by atoms with Gasteiger partial charge in [0.15, 0.2) is 28.1 Å². The number of nitrogen functional groups attached to an aromatic ring is 1. The summed E-state index contributed by atoms with van der Waals surface area (Å²) in [5, 5.41) is 7.80. The van der Waals surface area contributed by atoms with Crippen LogP contribution in [-0.2, 0) is 42.9 Å². The van der Waals surface area contributed by atoms with E-state index < -0.39 is 53.7 Å². The second kappa shape index (κ2) is 10.5. The number of nitrogens with two attached hydrogens (primary N) is 1. The number of thioether (sulfide) groups is 1. The molecule has 166 valence electrons. The fraction of sp³-hybridized carbons (Fsp3) is 0.625. The highest BCUT2D eigenvalue weighted by Crippen LogP contribution is 2.38. The van der Waals surface area contributed by atoms with Gasteiger partial charge >= 0.3 is 23.9 Å². The Morgan fingerprint density at radius 3 is 2.00 bits per heavy atom. The third-order valence-electron chi connectivity index (χ3n) is 3.59. The summed E-state index contributed by atoms with van der Waals surface area (Å²) in [5.41, 5.74) is 4.64. The normalized spacial score (nSPS) is 25.8. The van der Waals surface area contributed by atoms with E-state index in [2.05, 4.69) is 10.2 Å². The van der Waals surface area contributed by atoms with Gasteiger partial charge in [0, 0.05) is 27.7 Å². The number of anilines is 1. The van der Waals surface area contributed by atoms with E-state index in [1.54, 1.807) is 0 Å². The summed E-state index contributed by atoms with van der Waals surface area (Å²) in [6.45, 7) is 4.37. The molecule has 0 unspecified atom stereocenters. The molecule has 0 amide bonds. The number of esters is 4. The molecule has 2 N–H and O–H groups in total. The molecule has 0 radical (unpaired) electrons. The SMILES string of the molecule is CC(=O)OC[C@@H]1O[C@@H](Sc2nnc(N)s2)[C@@H](OC(C)=O)[C@H](OC(C)=O)[C@H]1OC(C)=O. The largest absolute Gasteiger partial charge is 0.463 e. The molecule has 5 atom stereocenters. The van der Waals surface area contributed by atoms with Crippen LogP contribution in [0.25, 0.3) is 0 Å². The van der Waals surface area contributed by atoms with E-state index in [0.29, 0.717) is 4.34 Å². The maximum Gasteiger partial charge on any atom is 0.303 e. The molecule has 1 saturated heterocycles. The van der Waals surface area contributed by atoms with E-state index in [1.165, 1.54) is 13.8 Å². The Kier molecular flexibility index (Phi) is 8.37. The van der Waals surface area contributed by atoms with Crippen molar-refractivity contribution in [3.8, 4) is 0 Å². The van der Waals surface area contributed by atoms with E-state index in [1.807, 2.05) is 0 Å². The molecule has 2 rings (SSSR count). The predicted octanol–water partition coefficient (Wildman–Crippen LogP) is 0.295. The van der Waals surface area contributed by atoms with Crippen molar-refractivity contribution in [1.29, 1.82) is 0 Å². The van der Waals surface area contributed by atoms with Crippen molar-refractivity contribution >= 4 is 52.1 Å². The van der Waals surface area contributed by atoms with Crippen LogP contribution in [-0.4, -0.2) is 70.5 Å². The Morgan fingerprint density at radius 2 is 1.50 bits per heavy atom. The van der Waals surface area contributed by atoms with E-state index in [0.717, 1.165) is 36.9 Å². The molecule has 0 saturated carbocycles. The second-order valence-corrected chi connectivity index (χ2v) is 8.45. The molecule has 0 aliphatic carbocycles. The van der Waals surface area contributed by atoms with Crippen LogP contribution < -0.4 is 5.73 Å². The Labute approximate surface area is 179 Å². The molecule has 30 heavy (non-hydrogen) atoms. The molecule has 0 spiro atoms. The fourth-order valence-corrected chi connectivity index (χ4v) is 4.56. The molecule has 0 aromatic carbocycles. The van der Waals surface area contributed by atoms with Gasteiger partial charge in [-0.3, -0.25) is 19.2 Å².